The van der Waals surface area contributed by atoms with Crippen molar-refractivity contribution in [2.75, 3.05) is 7.11 Å². The van der Waals surface area contributed by atoms with E-state index >= 15 is 0 Å². The van der Waals surface area contributed by atoms with Crippen LogP contribution in [0.5, 0.6) is 5.75 Å². The van der Waals surface area contributed by atoms with E-state index in [9.17, 15) is 13.9 Å². The molecule has 0 spiro atoms. The monoisotopic (exact) mass is 278 g/mol. The summed E-state index contributed by atoms with van der Waals surface area (Å²) in [6, 6.07) is 7.37. The van der Waals surface area contributed by atoms with Crippen LogP contribution in [0.15, 0.2) is 30.3 Å². The fraction of sp³-hybridized carbons (Fsp3) is 0.250. The Labute approximate surface area is 116 Å². The van der Waals surface area contributed by atoms with E-state index in [2.05, 4.69) is 0 Å². The van der Waals surface area contributed by atoms with Gasteiger partial charge in [-0.15, -0.1) is 0 Å². The van der Waals surface area contributed by atoms with Crippen LogP contribution in [-0.2, 0) is 0 Å². The highest BCUT2D eigenvalue weighted by atomic mass is 19.1. The molecule has 2 rings (SSSR count). The van der Waals surface area contributed by atoms with Gasteiger partial charge in [0.05, 0.1) is 7.11 Å². The molecule has 4 heteroatoms. The zero-order valence-electron chi connectivity index (χ0n) is 11.6. The van der Waals surface area contributed by atoms with Gasteiger partial charge in [0, 0.05) is 17.2 Å². The van der Waals surface area contributed by atoms with Crippen LogP contribution in [0.3, 0.4) is 0 Å². The van der Waals surface area contributed by atoms with Crippen LogP contribution in [0, 0.1) is 25.5 Å². The number of hydrogen-bond acceptors (Lipinski definition) is 2. The van der Waals surface area contributed by atoms with Gasteiger partial charge in [-0.25, -0.2) is 8.78 Å². The quantitative estimate of drug-likeness (QED) is 0.928. The van der Waals surface area contributed by atoms with Crippen molar-refractivity contribution >= 4 is 0 Å². The van der Waals surface area contributed by atoms with Crippen molar-refractivity contribution < 1.29 is 18.6 Å². The number of aryl methyl sites for hydroxylation is 2. The minimum atomic E-state index is -1.20. The summed E-state index contributed by atoms with van der Waals surface area (Å²) in [4.78, 5) is 0. The Kier molecular flexibility index (Phi) is 4.04. The summed E-state index contributed by atoms with van der Waals surface area (Å²) in [5.41, 5.74) is 1.69. The van der Waals surface area contributed by atoms with E-state index in [-0.39, 0.29) is 11.1 Å². The Balaban J connectivity index is 2.54. The van der Waals surface area contributed by atoms with Gasteiger partial charge in [0.25, 0.3) is 0 Å². The van der Waals surface area contributed by atoms with Gasteiger partial charge in [0.2, 0.25) is 0 Å². The summed E-state index contributed by atoms with van der Waals surface area (Å²) in [6.45, 7) is 3.39. The van der Waals surface area contributed by atoms with Crippen molar-refractivity contribution in [1.82, 2.24) is 0 Å². The molecule has 0 fully saturated rings. The van der Waals surface area contributed by atoms with Crippen LogP contribution >= 0.6 is 0 Å². The number of halogens is 2. The largest absolute Gasteiger partial charge is 0.496 e. The molecular formula is C16H16F2O2. The van der Waals surface area contributed by atoms with Gasteiger partial charge in [-0.2, -0.15) is 0 Å². The third-order valence-electron chi connectivity index (χ3n) is 3.25. The SMILES string of the molecule is COc1ccc(C)cc1C(O)c1cc(C)c(F)cc1F. The fourth-order valence-corrected chi connectivity index (χ4v) is 2.12. The maximum atomic E-state index is 13.9. The van der Waals surface area contributed by atoms with E-state index in [1.807, 2.05) is 13.0 Å². The fourth-order valence-electron chi connectivity index (χ4n) is 2.12. The molecule has 2 nitrogen and oxygen atoms in total. The maximum Gasteiger partial charge on any atom is 0.132 e. The Morgan fingerprint density at radius 1 is 1.00 bits per heavy atom. The highest BCUT2D eigenvalue weighted by molar-refractivity contribution is 5.43. The lowest BCUT2D eigenvalue weighted by Gasteiger charge is -2.17. The average molecular weight is 278 g/mol. The molecule has 0 aromatic heterocycles. The van der Waals surface area contributed by atoms with Crippen molar-refractivity contribution in [3.8, 4) is 5.75 Å². The number of rotatable bonds is 3. The van der Waals surface area contributed by atoms with Crippen LogP contribution < -0.4 is 4.74 Å². The minimum absolute atomic E-state index is 0.0350. The van der Waals surface area contributed by atoms with Crippen LogP contribution in [0.2, 0.25) is 0 Å². The summed E-state index contributed by atoms with van der Waals surface area (Å²) >= 11 is 0. The van der Waals surface area contributed by atoms with E-state index < -0.39 is 17.7 Å². The lowest BCUT2D eigenvalue weighted by molar-refractivity contribution is 0.209. The van der Waals surface area contributed by atoms with Gasteiger partial charge in [-0.3, -0.25) is 0 Å². The minimum Gasteiger partial charge on any atom is -0.496 e. The lowest BCUT2D eigenvalue weighted by atomic mass is 9.97. The van der Waals surface area contributed by atoms with Crippen LogP contribution in [-0.4, -0.2) is 12.2 Å². The molecule has 106 valence electrons. The Morgan fingerprint density at radius 3 is 2.35 bits per heavy atom. The molecule has 0 aliphatic heterocycles. The highest BCUT2D eigenvalue weighted by Crippen LogP contribution is 2.32. The molecule has 0 aliphatic rings. The Bertz CT molecular complexity index is 639. The summed E-state index contributed by atoms with van der Waals surface area (Å²) in [5.74, 6) is -0.941. The molecule has 2 aromatic carbocycles. The molecule has 0 amide bonds. The van der Waals surface area contributed by atoms with Gasteiger partial charge in [0.15, 0.2) is 0 Å². The van der Waals surface area contributed by atoms with Gasteiger partial charge in [-0.1, -0.05) is 11.6 Å². The second-order valence-corrected chi connectivity index (χ2v) is 4.77. The Morgan fingerprint density at radius 2 is 1.70 bits per heavy atom. The molecule has 0 aliphatic carbocycles. The predicted octanol–water partition coefficient (Wildman–Crippen LogP) is 3.67. The van der Waals surface area contributed by atoms with Crippen molar-refractivity contribution in [2.24, 2.45) is 0 Å². The van der Waals surface area contributed by atoms with E-state index in [1.54, 1.807) is 12.1 Å². The van der Waals surface area contributed by atoms with Gasteiger partial charge in [0.1, 0.15) is 23.5 Å². The lowest BCUT2D eigenvalue weighted by Crippen LogP contribution is -2.06. The first-order valence-electron chi connectivity index (χ1n) is 6.22. The second kappa shape index (κ2) is 5.59. The second-order valence-electron chi connectivity index (χ2n) is 4.77. The van der Waals surface area contributed by atoms with Gasteiger partial charge < -0.3 is 9.84 Å². The van der Waals surface area contributed by atoms with Crippen molar-refractivity contribution in [2.45, 2.75) is 20.0 Å². The molecule has 1 unspecified atom stereocenters. The van der Waals surface area contributed by atoms with Gasteiger partial charge >= 0.3 is 0 Å². The molecule has 20 heavy (non-hydrogen) atoms. The number of hydrogen-bond donors (Lipinski definition) is 1. The zero-order valence-corrected chi connectivity index (χ0v) is 11.6. The predicted molar refractivity (Wildman–Crippen MR) is 72.9 cm³/mol. The molecular weight excluding hydrogens is 262 g/mol. The van der Waals surface area contributed by atoms with Crippen molar-refractivity contribution in [3.63, 3.8) is 0 Å². The highest BCUT2D eigenvalue weighted by Gasteiger charge is 2.20. The standard InChI is InChI=1S/C16H16F2O2/c1-9-4-5-15(20-3)12(6-9)16(19)11-7-10(2)13(17)8-14(11)18/h4-8,16,19H,1-3H3. The molecule has 0 saturated carbocycles. The smallest absolute Gasteiger partial charge is 0.132 e. The normalized spacial score (nSPS) is 12.3. The molecule has 0 saturated heterocycles. The molecule has 0 radical (unpaired) electrons. The van der Waals surface area contributed by atoms with Crippen LogP contribution in [0.25, 0.3) is 0 Å². The van der Waals surface area contributed by atoms with E-state index in [0.717, 1.165) is 11.6 Å². The third-order valence-corrected chi connectivity index (χ3v) is 3.25. The number of aliphatic hydroxyl groups is 1. The summed E-state index contributed by atoms with van der Waals surface area (Å²) in [5, 5.41) is 10.4. The van der Waals surface area contributed by atoms with Crippen LogP contribution in [0.1, 0.15) is 28.4 Å². The first-order chi connectivity index (χ1) is 9.43. The zero-order chi connectivity index (χ0) is 14.9. The topological polar surface area (TPSA) is 29.5 Å². The average Bonchev–Trinajstić information content (AvgIpc) is 2.42. The first-order valence-corrected chi connectivity index (χ1v) is 6.22. The molecule has 0 heterocycles. The molecule has 0 bridgehead atoms. The summed E-state index contributed by atoms with van der Waals surface area (Å²) in [6.07, 6.45) is -1.20. The summed E-state index contributed by atoms with van der Waals surface area (Å²) in [7, 11) is 1.48. The van der Waals surface area contributed by atoms with Crippen molar-refractivity contribution in [3.05, 3.63) is 64.2 Å². The Hall–Kier alpha value is -1.94. The van der Waals surface area contributed by atoms with Crippen LogP contribution in [0.4, 0.5) is 8.78 Å². The van der Waals surface area contributed by atoms with Gasteiger partial charge in [-0.05, 0) is 37.6 Å². The number of aliphatic hydroxyl groups excluding tert-OH is 1. The molecule has 1 N–H and O–H groups in total. The first kappa shape index (κ1) is 14.5. The summed E-state index contributed by atoms with van der Waals surface area (Å²) < 4.78 is 32.3. The molecule has 1 atom stereocenters. The maximum absolute atomic E-state index is 13.9. The molecule has 2 aromatic rings. The number of benzene rings is 2. The van der Waals surface area contributed by atoms with Crippen molar-refractivity contribution in [1.29, 1.82) is 0 Å². The van der Waals surface area contributed by atoms with E-state index in [1.165, 1.54) is 20.1 Å². The number of ether oxygens (including phenoxy) is 1. The number of methoxy groups -OCH3 is 1. The third kappa shape index (κ3) is 2.65. The van der Waals surface area contributed by atoms with E-state index in [0.29, 0.717) is 11.3 Å². The van der Waals surface area contributed by atoms with E-state index in [4.69, 9.17) is 4.74 Å².